The van der Waals surface area contributed by atoms with E-state index in [-0.39, 0.29) is 24.4 Å². The number of hydrogen-bond acceptors (Lipinski definition) is 11. The number of fused-ring (bicyclic) bond motifs is 6. The zero-order chi connectivity index (χ0) is 30.6. The van der Waals surface area contributed by atoms with Gasteiger partial charge in [-0.3, -0.25) is 4.90 Å². The summed E-state index contributed by atoms with van der Waals surface area (Å²) in [5, 5.41) is 7.17. The molecule has 7 rings (SSSR count). The van der Waals surface area contributed by atoms with Gasteiger partial charge in [0, 0.05) is 43.5 Å². The molecule has 1 aromatic carbocycles. The number of hydrogen-bond donors (Lipinski definition) is 1. The molecule has 0 aliphatic carbocycles. The highest BCUT2D eigenvalue weighted by Gasteiger charge is 2.37. The Balaban J connectivity index is 1.14. The molecule has 1 fully saturated rings. The van der Waals surface area contributed by atoms with Crippen LogP contribution >= 0.6 is 0 Å². The van der Waals surface area contributed by atoms with E-state index in [1.54, 1.807) is 52.9 Å². The van der Waals surface area contributed by atoms with Crippen LogP contribution in [0, 0.1) is 12.7 Å². The Morgan fingerprint density at radius 3 is 2.82 bits per heavy atom. The Bertz CT molecular complexity index is 1910. The molecule has 1 N–H and O–H groups in total. The molecule has 1 atom stereocenters. The van der Waals surface area contributed by atoms with Crippen LogP contribution in [0.3, 0.4) is 0 Å². The number of halogens is 1. The van der Waals surface area contributed by atoms with Crippen molar-refractivity contribution >= 4 is 40.1 Å². The summed E-state index contributed by atoms with van der Waals surface area (Å²) in [6.45, 7) is 9.01. The third-order valence-electron chi connectivity index (χ3n) is 7.47. The molecular weight excluding hydrogens is 569 g/mol. The topological polar surface area (TPSA) is 132 Å². The number of amides is 1. The quantitative estimate of drug-likeness (QED) is 0.303. The minimum Gasteiger partial charge on any atom is -0.487 e. The van der Waals surface area contributed by atoms with E-state index in [2.05, 4.69) is 30.3 Å². The van der Waals surface area contributed by atoms with Crippen LogP contribution in [0.1, 0.15) is 26.3 Å². The van der Waals surface area contributed by atoms with Crippen molar-refractivity contribution in [3.63, 3.8) is 0 Å². The van der Waals surface area contributed by atoms with Crippen molar-refractivity contribution in [3.05, 3.63) is 60.6 Å². The number of rotatable bonds is 4. The van der Waals surface area contributed by atoms with Gasteiger partial charge in [-0.15, -0.1) is 0 Å². The molecule has 14 heteroatoms. The predicted molar refractivity (Wildman–Crippen MR) is 159 cm³/mol. The lowest BCUT2D eigenvalue weighted by atomic mass is 10.1. The van der Waals surface area contributed by atoms with Crippen molar-refractivity contribution in [2.24, 2.45) is 0 Å². The Kier molecular flexibility index (Phi) is 6.56. The third kappa shape index (κ3) is 5.12. The van der Waals surface area contributed by atoms with Crippen molar-refractivity contribution in [3.8, 4) is 17.2 Å². The van der Waals surface area contributed by atoms with Crippen molar-refractivity contribution in [2.45, 2.75) is 39.3 Å². The van der Waals surface area contributed by atoms with E-state index in [0.29, 0.717) is 70.8 Å². The Hall–Kier alpha value is -5.27. The standard InChI is InChI=1S/C30H30FN9O4/c1-17-22(43-19-7-8-40-24(11-19)33-16-35-40)6-5-20(25(17)31)36-27-26-21(32-15-34-27)12-23-28(37-26)38-9-10-39(18(13-38)14-42-23)29(41)44-30(2,3)4/h5-8,11-12,15-16,18H,9-10,13-14H2,1-4H3,(H,32,34,36)/t18-/m0/s1. The predicted octanol–water partition coefficient (Wildman–Crippen LogP) is 4.87. The summed E-state index contributed by atoms with van der Waals surface area (Å²) in [5.41, 5.74) is 1.54. The molecule has 0 radical (unpaired) electrons. The van der Waals surface area contributed by atoms with Crippen LogP contribution in [0.25, 0.3) is 16.7 Å². The average molecular weight is 600 g/mol. The number of piperazine rings is 1. The minimum atomic E-state index is -0.594. The molecule has 13 nitrogen and oxygen atoms in total. The van der Waals surface area contributed by atoms with Gasteiger partial charge in [-0.1, -0.05) is 0 Å². The molecule has 44 heavy (non-hydrogen) atoms. The van der Waals surface area contributed by atoms with E-state index in [1.807, 2.05) is 20.8 Å². The number of aromatic nitrogens is 6. The first-order chi connectivity index (χ1) is 21.1. The lowest BCUT2D eigenvalue weighted by Gasteiger charge is -2.39. The summed E-state index contributed by atoms with van der Waals surface area (Å²) in [7, 11) is 0. The molecule has 0 saturated carbocycles. The second-order valence-electron chi connectivity index (χ2n) is 11.7. The second-order valence-corrected chi connectivity index (χ2v) is 11.7. The van der Waals surface area contributed by atoms with Gasteiger partial charge in [-0.25, -0.2) is 33.6 Å². The summed E-state index contributed by atoms with van der Waals surface area (Å²) in [4.78, 5) is 34.5. The molecule has 4 aromatic heterocycles. The van der Waals surface area contributed by atoms with E-state index in [1.165, 1.54) is 12.7 Å². The molecule has 1 saturated heterocycles. The van der Waals surface area contributed by atoms with Gasteiger partial charge >= 0.3 is 6.09 Å². The average Bonchev–Trinajstić information content (AvgIpc) is 3.41. The van der Waals surface area contributed by atoms with Crippen molar-refractivity contribution < 1.29 is 23.4 Å². The highest BCUT2D eigenvalue weighted by atomic mass is 19.1. The SMILES string of the molecule is Cc1c(Oc2ccn3ncnc3c2)ccc(Nc2ncnc3cc4c(nc23)N2CCN(C(=O)OC(C)(C)C)[C@H](CO4)C2)c1F. The summed E-state index contributed by atoms with van der Waals surface area (Å²) in [5.74, 6) is 1.91. The molecule has 2 aliphatic heterocycles. The van der Waals surface area contributed by atoms with Gasteiger partial charge in [0.2, 0.25) is 0 Å². The van der Waals surface area contributed by atoms with Crippen LogP contribution in [-0.2, 0) is 4.74 Å². The lowest BCUT2D eigenvalue weighted by molar-refractivity contribution is 0.00974. The molecule has 0 unspecified atom stereocenters. The van der Waals surface area contributed by atoms with Gasteiger partial charge in [0.05, 0.1) is 17.2 Å². The van der Waals surface area contributed by atoms with E-state index in [0.717, 1.165) is 0 Å². The van der Waals surface area contributed by atoms with Crippen LogP contribution in [0.15, 0.2) is 49.2 Å². The highest BCUT2D eigenvalue weighted by Crippen LogP contribution is 2.37. The molecule has 2 bridgehead atoms. The number of nitrogens with one attached hydrogen (secondary N) is 1. The largest absolute Gasteiger partial charge is 0.487 e. The van der Waals surface area contributed by atoms with E-state index in [9.17, 15) is 4.79 Å². The molecule has 6 heterocycles. The zero-order valence-corrected chi connectivity index (χ0v) is 24.6. The fourth-order valence-corrected chi connectivity index (χ4v) is 5.31. The monoisotopic (exact) mass is 599 g/mol. The van der Waals surface area contributed by atoms with Crippen LogP contribution in [0.4, 0.5) is 26.5 Å². The van der Waals surface area contributed by atoms with Crippen molar-refractivity contribution in [1.82, 2.24) is 34.4 Å². The van der Waals surface area contributed by atoms with Gasteiger partial charge in [-0.05, 0) is 45.9 Å². The number of anilines is 3. The van der Waals surface area contributed by atoms with E-state index >= 15 is 4.39 Å². The summed E-state index contributed by atoms with van der Waals surface area (Å²) in [6, 6.07) is 8.32. The molecule has 1 amide bonds. The molecule has 2 aliphatic rings. The van der Waals surface area contributed by atoms with Gasteiger partial charge < -0.3 is 24.4 Å². The number of nitrogens with zero attached hydrogens (tertiary/aromatic N) is 8. The van der Waals surface area contributed by atoms with Crippen LogP contribution in [0.5, 0.6) is 17.2 Å². The summed E-state index contributed by atoms with van der Waals surface area (Å²) < 4.78 is 35.0. The number of pyridine rings is 2. The lowest BCUT2D eigenvalue weighted by Crippen LogP contribution is -2.57. The van der Waals surface area contributed by atoms with Crippen LogP contribution in [-0.4, -0.2) is 78.4 Å². The third-order valence-corrected chi connectivity index (χ3v) is 7.47. The molecule has 226 valence electrons. The fourth-order valence-electron chi connectivity index (χ4n) is 5.31. The van der Waals surface area contributed by atoms with Crippen LogP contribution < -0.4 is 19.7 Å². The molecule has 5 aromatic rings. The van der Waals surface area contributed by atoms with E-state index in [4.69, 9.17) is 19.2 Å². The normalized spacial score (nSPS) is 16.3. The van der Waals surface area contributed by atoms with Crippen LogP contribution in [0.2, 0.25) is 0 Å². The maximum Gasteiger partial charge on any atom is 0.410 e. The first kappa shape index (κ1) is 27.6. The van der Waals surface area contributed by atoms with Gasteiger partial charge in [0.15, 0.2) is 28.8 Å². The van der Waals surface area contributed by atoms with Crippen molar-refractivity contribution in [2.75, 3.05) is 36.5 Å². The number of carbonyl (C=O) groups excluding carboxylic acids is 1. The Morgan fingerprint density at radius 1 is 1.11 bits per heavy atom. The first-order valence-corrected chi connectivity index (χ1v) is 14.2. The maximum atomic E-state index is 15.6. The maximum absolute atomic E-state index is 15.6. The minimum absolute atomic E-state index is 0.210. The smallest absolute Gasteiger partial charge is 0.410 e. The first-order valence-electron chi connectivity index (χ1n) is 14.2. The van der Waals surface area contributed by atoms with Gasteiger partial charge in [0.1, 0.15) is 41.9 Å². The number of benzene rings is 1. The summed E-state index contributed by atoms with van der Waals surface area (Å²) >= 11 is 0. The van der Waals surface area contributed by atoms with Gasteiger partial charge in [-0.2, -0.15) is 5.10 Å². The number of ether oxygens (including phenoxy) is 3. The molecular formula is C30H30FN9O4. The van der Waals surface area contributed by atoms with E-state index < -0.39 is 11.4 Å². The zero-order valence-electron chi connectivity index (χ0n) is 24.6. The summed E-state index contributed by atoms with van der Waals surface area (Å²) in [6.07, 6.45) is 4.20. The fraction of sp³-hybridized carbons (Fsp3) is 0.333. The van der Waals surface area contributed by atoms with Gasteiger partial charge in [0.25, 0.3) is 0 Å². The Labute approximate surface area is 251 Å². The van der Waals surface area contributed by atoms with Crippen molar-refractivity contribution in [1.29, 1.82) is 0 Å². The second kappa shape index (κ2) is 10.5. The Morgan fingerprint density at radius 2 is 1.98 bits per heavy atom. The highest BCUT2D eigenvalue weighted by molar-refractivity contribution is 5.90. The molecule has 0 spiro atoms. The number of carbonyl (C=O) groups is 1.